The first-order chi connectivity index (χ1) is 15.2. The van der Waals surface area contributed by atoms with Gasteiger partial charge in [-0.1, -0.05) is 60.3 Å². The number of nitrogens with zero attached hydrogens (tertiary/aromatic N) is 3. The second-order valence-electron chi connectivity index (χ2n) is 6.85. The minimum atomic E-state index is -0.653. The molecule has 0 fully saturated rings. The lowest BCUT2D eigenvalue weighted by atomic mass is 10.1. The molecule has 2 aromatic heterocycles. The molecule has 7 heteroatoms. The van der Waals surface area contributed by atoms with E-state index in [0.717, 1.165) is 16.9 Å². The van der Waals surface area contributed by atoms with Crippen molar-refractivity contribution in [2.45, 2.75) is 17.8 Å². The number of hydrogen-bond acceptors (Lipinski definition) is 6. The summed E-state index contributed by atoms with van der Waals surface area (Å²) in [6.07, 6.45) is 2.72. The van der Waals surface area contributed by atoms with Crippen molar-refractivity contribution in [1.29, 1.82) is 0 Å². The van der Waals surface area contributed by atoms with E-state index in [0.29, 0.717) is 29.0 Å². The minimum absolute atomic E-state index is 0.193. The molecule has 4 rings (SSSR count). The van der Waals surface area contributed by atoms with Crippen LogP contribution in [0.3, 0.4) is 0 Å². The second-order valence-corrected chi connectivity index (χ2v) is 7.84. The molecule has 0 aliphatic heterocycles. The Bertz CT molecular complexity index is 1090. The first kappa shape index (κ1) is 21.0. The number of allylic oxidation sites excluding steroid dienone is 1. The van der Waals surface area contributed by atoms with E-state index >= 15 is 0 Å². The molecular formula is C24H23N3O3S. The average molecular weight is 434 g/mol. The van der Waals surface area contributed by atoms with Crippen LogP contribution in [0.15, 0.2) is 95.2 Å². The second kappa shape index (κ2) is 10.1. The van der Waals surface area contributed by atoms with Crippen molar-refractivity contribution in [1.82, 2.24) is 14.8 Å². The van der Waals surface area contributed by atoms with Crippen LogP contribution in [0.25, 0.3) is 22.7 Å². The van der Waals surface area contributed by atoms with Gasteiger partial charge in [0.15, 0.2) is 10.9 Å². The summed E-state index contributed by atoms with van der Waals surface area (Å²) in [7, 11) is 0. The average Bonchev–Trinajstić information content (AvgIpc) is 3.48. The maximum Gasteiger partial charge on any atom is 0.200 e. The number of aromatic nitrogens is 3. The molecular weight excluding hydrogens is 410 g/mol. The van der Waals surface area contributed by atoms with Gasteiger partial charge < -0.3 is 14.3 Å². The largest absolute Gasteiger partial charge is 0.491 e. The molecule has 1 atom stereocenters. The zero-order chi connectivity index (χ0) is 21.5. The van der Waals surface area contributed by atoms with E-state index in [4.69, 9.17) is 9.15 Å². The van der Waals surface area contributed by atoms with Gasteiger partial charge in [0, 0.05) is 12.3 Å². The third-order valence-electron chi connectivity index (χ3n) is 4.58. The van der Waals surface area contributed by atoms with Gasteiger partial charge >= 0.3 is 0 Å². The Morgan fingerprint density at radius 2 is 1.81 bits per heavy atom. The third kappa shape index (κ3) is 5.25. The van der Waals surface area contributed by atoms with Crippen LogP contribution in [-0.2, 0) is 6.54 Å². The Morgan fingerprint density at radius 1 is 1.03 bits per heavy atom. The molecule has 158 valence electrons. The van der Waals surface area contributed by atoms with Crippen LogP contribution in [0.5, 0.6) is 5.75 Å². The fraction of sp³-hybridized carbons (Fsp3) is 0.167. The number of thioether (sulfide) groups is 1. The third-order valence-corrected chi connectivity index (χ3v) is 5.69. The Kier molecular flexibility index (Phi) is 6.86. The van der Waals surface area contributed by atoms with Gasteiger partial charge in [-0.25, -0.2) is 0 Å². The predicted octanol–water partition coefficient (Wildman–Crippen LogP) is 4.92. The van der Waals surface area contributed by atoms with Crippen molar-refractivity contribution in [3.63, 3.8) is 0 Å². The molecule has 0 amide bonds. The van der Waals surface area contributed by atoms with E-state index < -0.39 is 6.10 Å². The lowest BCUT2D eigenvalue weighted by molar-refractivity contribution is 0.126. The molecule has 0 aliphatic carbocycles. The normalized spacial score (nSPS) is 11.9. The summed E-state index contributed by atoms with van der Waals surface area (Å²) in [6, 6.07) is 21.7. The summed E-state index contributed by atoms with van der Waals surface area (Å²) in [4.78, 5) is 0. The summed E-state index contributed by atoms with van der Waals surface area (Å²) >= 11 is 1.42. The van der Waals surface area contributed by atoms with Gasteiger partial charge in [-0.2, -0.15) is 0 Å². The smallest absolute Gasteiger partial charge is 0.200 e. The van der Waals surface area contributed by atoms with E-state index in [9.17, 15) is 5.11 Å². The molecule has 0 saturated heterocycles. The first-order valence-corrected chi connectivity index (χ1v) is 10.9. The molecule has 0 radical (unpaired) electrons. The van der Waals surface area contributed by atoms with Crippen molar-refractivity contribution in [3.05, 3.63) is 85.6 Å². The number of aliphatic hydroxyl groups is 1. The molecule has 0 saturated carbocycles. The zero-order valence-electron chi connectivity index (χ0n) is 16.9. The molecule has 4 aromatic rings. The molecule has 1 N–H and O–H groups in total. The summed E-state index contributed by atoms with van der Waals surface area (Å²) in [5.41, 5.74) is 2.28. The van der Waals surface area contributed by atoms with Gasteiger partial charge in [-0.05, 0) is 35.4 Å². The lowest BCUT2D eigenvalue weighted by Crippen LogP contribution is -2.20. The summed E-state index contributed by atoms with van der Waals surface area (Å²) < 4.78 is 13.1. The van der Waals surface area contributed by atoms with Crippen LogP contribution >= 0.6 is 11.8 Å². The summed E-state index contributed by atoms with van der Waals surface area (Å²) in [5, 5.41) is 19.5. The molecule has 0 bridgehead atoms. The highest BCUT2D eigenvalue weighted by molar-refractivity contribution is 7.99. The molecule has 2 aromatic carbocycles. The number of hydrogen-bond donors (Lipinski definition) is 1. The van der Waals surface area contributed by atoms with E-state index in [2.05, 4.69) is 28.9 Å². The topological polar surface area (TPSA) is 73.3 Å². The van der Waals surface area contributed by atoms with Crippen LogP contribution in [0.2, 0.25) is 0 Å². The molecule has 2 heterocycles. The molecule has 31 heavy (non-hydrogen) atoms. The fourth-order valence-corrected chi connectivity index (χ4v) is 3.92. The Morgan fingerprint density at radius 3 is 2.52 bits per heavy atom. The zero-order valence-corrected chi connectivity index (χ0v) is 17.7. The maximum absolute atomic E-state index is 10.4. The standard InChI is InChI=1S/C24H23N3O3S/c1-2-14-27-23(22-9-6-15-29-22)25-26-24(27)31-17-20(28)16-30-21-12-10-19(11-13-21)18-7-4-3-5-8-18/h2-13,15,20,28H,1,14,16-17H2. The number of benzene rings is 2. The van der Waals surface area contributed by atoms with Gasteiger partial charge in [0.25, 0.3) is 0 Å². The minimum Gasteiger partial charge on any atom is -0.491 e. The van der Waals surface area contributed by atoms with Crippen molar-refractivity contribution in [2.75, 3.05) is 12.4 Å². The Balaban J connectivity index is 1.32. The predicted molar refractivity (Wildman–Crippen MR) is 122 cm³/mol. The Hall–Kier alpha value is -3.29. The molecule has 0 aliphatic rings. The number of rotatable bonds is 10. The Labute approximate surface area is 185 Å². The van der Waals surface area contributed by atoms with Crippen molar-refractivity contribution in [3.8, 4) is 28.5 Å². The summed E-state index contributed by atoms with van der Waals surface area (Å²) in [5.74, 6) is 2.43. The fourth-order valence-electron chi connectivity index (χ4n) is 3.06. The quantitative estimate of drug-likeness (QED) is 0.283. The first-order valence-electron chi connectivity index (χ1n) is 9.91. The van der Waals surface area contributed by atoms with Crippen LogP contribution in [0, 0.1) is 0 Å². The van der Waals surface area contributed by atoms with E-state index in [1.54, 1.807) is 12.3 Å². The van der Waals surface area contributed by atoms with E-state index in [-0.39, 0.29) is 6.61 Å². The number of ether oxygens (including phenoxy) is 1. The maximum atomic E-state index is 10.4. The van der Waals surface area contributed by atoms with Gasteiger partial charge in [0.05, 0.1) is 12.4 Å². The van der Waals surface area contributed by atoms with E-state index in [1.165, 1.54) is 11.8 Å². The van der Waals surface area contributed by atoms with Crippen molar-refractivity contribution >= 4 is 11.8 Å². The van der Waals surface area contributed by atoms with E-state index in [1.807, 2.05) is 59.2 Å². The van der Waals surface area contributed by atoms with Gasteiger partial charge in [-0.3, -0.25) is 4.57 Å². The monoisotopic (exact) mass is 433 g/mol. The molecule has 1 unspecified atom stereocenters. The lowest BCUT2D eigenvalue weighted by Gasteiger charge is -2.13. The van der Waals surface area contributed by atoms with Crippen molar-refractivity contribution < 1.29 is 14.3 Å². The SMILES string of the molecule is C=CCn1c(SCC(O)COc2ccc(-c3ccccc3)cc2)nnc1-c1ccco1. The molecule has 0 spiro atoms. The molecule has 6 nitrogen and oxygen atoms in total. The highest BCUT2D eigenvalue weighted by atomic mass is 32.2. The number of furan rings is 1. The summed E-state index contributed by atoms with van der Waals surface area (Å²) in [6.45, 7) is 4.54. The number of aliphatic hydroxyl groups excluding tert-OH is 1. The van der Waals surface area contributed by atoms with Crippen LogP contribution < -0.4 is 4.74 Å². The van der Waals surface area contributed by atoms with Crippen molar-refractivity contribution in [2.24, 2.45) is 0 Å². The van der Waals surface area contributed by atoms with Gasteiger partial charge in [0.1, 0.15) is 12.4 Å². The van der Waals surface area contributed by atoms with Crippen LogP contribution in [0.4, 0.5) is 0 Å². The van der Waals surface area contributed by atoms with Crippen LogP contribution in [-0.4, -0.2) is 38.3 Å². The highest BCUT2D eigenvalue weighted by Gasteiger charge is 2.17. The van der Waals surface area contributed by atoms with Gasteiger partial charge in [-0.15, -0.1) is 16.8 Å². The van der Waals surface area contributed by atoms with Gasteiger partial charge in [0.2, 0.25) is 5.82 Å². The highest BCUT2D eigenvalue weighted by Crippen LogP contribution is 2.25. The van der Waals surface area contributed by atoms with Crippen LogP contribution in [0.1, 0.15) is 0 Å².